The molecule has 0 radical (unpaired) electrons. The lowest BCUT2D eigenvalue weighted by Crippen LogP contribution is -1.98. The van der Waals surface area contributed by atoms with Crippen LogP contribution in [-0.2, 0) is 0 Å². The summed E-state index contributed by atoms with van der Waals surface area (Å²) in [5.74, 6) is -0.302. The van der Waals surface area contributed by atoms with Gasteiger partial charge in [0.15, 0.2) is 0 Å². The van der Waals surface area contributed by atoms with E-state index in [0.29, 0.717) is 16.8 Å². The van der Waals surface area contributed by atoms with E-state index >= 15 is 0 Å². The van der Waals surface area contributed by atoms with Crippen LogP contribution >= 0.6 is 0 Å². The summed E-state index contributed by atoms with van der Waals surface area (Å²) in [6, 6.07) is 7.01. The van der Waals surface area contributed by atoms with Gasteiger partial charge in [0.25, 0.3) is 0 Å². The van der Waals surface area contributed by atoms with E-state index in [1.165, 1.54) is 0 Å². The third kappa shape index (κ3) is 1.85. The molecule has 0 amide bonds. The number of nitrogen functional groups attached to an aromatic ring is 1. The van der Waals surface area contributed by atoms with E-state index in [-0.39, 0.29) is 5.92 Å². The normalized spacial score (nSPS) is 11.7. The van der Waals surface area contributed by atoms with Gasteiger partial charge in [0.05, 0.1) is 12.0 Å². The van der Waals surface area contributed by atoms with Crippen LogP contribution in [0.15, 0.2) is 18.2 Å². The molecule has 0 fully saturated rings. The van der Waals surface area contributed by atoms with Crippen LogP contribution in [0.1, 0.15) is 28.8 Å². The highest BCUT2D eigenvalue weighted by atomic mass is 16.1. The molecule has 1 rings (SSSR count). The van der Waals surface area contributed by atoms with Crippen molar-refractivity contribution in [2.45, 2.75) is 12.8 Å². The lowest BCUT2D eigenvalue weighted by atomic mass is 9.97. The zero-order valence-electron chi connectivity index (χ0n) is 7.32. The van der Waals surface area contributed by atoms with Crippen molar-refractivity contribution in [3.05, 3.63) is 29.3 Å². The Morgan fingerprint density at radius 2 is 2.31 bits per heavy atom. The lowest BCUT2D eigenvalue weighted by Gasteiger charge is -2.06. The Bertz CT molecular complexity index is 366. The van der Waals surface area contributed by atoms with Crippen molar-refractivity contribution >= 4 is 12.0 Å². The zero-order valence-corrected chi connectivity index (χ0v) is 7.32. The predicted molar refractivity (Wildman–Crippen MR) is 50.3 cm³/mol. The molecular formula is C10H10N2O. The number of hydrogen-bond acceptors (Lipinski definition) is 3. The molecule has 0 spiro atoms. The molecule has 0 saturated carbocycles. The number of hydrogen-bond donors (Lipinski definition) is 1. The molecule has 0 aliphatic heterocycles. The molecule has 3 nitrogen and oxygen atoms in total. The summed E-state index contributed by atoms with van der Waals surface area (Å²) in [6.07, 6.45) is 0.739. The van der Waals surface area contributed by atoms with E-state index < -0.39 is 0 Å². The topological polar surface area (TPSA) is 66.9 Å². The molecule has 1 aromatic rings. The van der Waals surface area contributed by atoms with Crippen molar-refractivity contribution in [3.8, 4) is 6.07 Å². The maximum absolute atomic E-state index is 10.6. The minimum absolute atomic E-state index is 0.302. The fourth-order valence-corrected chi connectivity index (χ4v) is 1.15. The van der Waals surface area contributed by atoms with E-state index in [1.54, 1.807) is 25.1 Å². The number of nitrogens with zero attached hydrogens (tertiary/aromatic N) is 1. The summed E-state index contributed by atoms with van der Waals surface area (Å²) >= 11 is 0. The van der Waals surface area contributed by atoms with Gasteiger partial charge >= 0.3 is 0 Å². The van der Waals surface area contributed by atoms with Crippen LogP contribution in [0, 0.1) is 11.3 Å². The number of anilines is 1. The number of nitrogens with two attached hydrogens (primary N) is 1. The average Bonchev–Trinajstić information content (AvgIpc) is 2.16. The minimum atomic E-state index is -0.302. The Labute approximate surface area is 76.8 Å². The molecule has 2 N–H and O–H groups in total. The van der Waals surface area contributed by atoms with Crippen LogP contribution in [0.4, 0.5) is 5.69 Å². The van der Waals surface area contributed by atoms with Crippen molar-refractivity contribution in [1.29, 1.82) is 5.26 Å². The van der Waals surface area contributed by atoms with Crippen molar-refractivity contribution in [1.82, 2.24) is 0 Å². The third-order valence-corrected chi connectivity index (χ3v) is 1.90. The van der Waals surface area contributed by atoms with E-state index in [2.05, 4.69) is 6.07 Å². The molecule has 1 aromatic carbocycles. The quantitative estimate of drug-likeness (QED) is 0.548. The summed E-state index contributed by atoms with van der Waals surface area (Å²) in [5, 5.41) is 8.69. The van der Waals surface area contributed by atoms with Gasteiger partial charge in [0.2, 0.25) is 0 Å². The first-order valence-electron chi connectivity index (χ1n) is 3.93. The van der Waals surface area contributed by atoms with Gasteiger partial charge < -0.3 is 5.73 Å². The van der Waals surface area contributed by atoms with Crippen LogP contribution in [0.3, 0.4) is 0 Å². The number of benzene rings is 1. The molecule has 0 aliphatic rings. The summed E-state index contributed by atoms with van der Waals surface area (Å²) in [6.45, 7) is 1.74. The first-order valence-corrected chi connectivity index (χ1v) is 3.93. The Kier molecular flexibility index (Phi) is 2.65. The van der Waals surface area contributed by atoms with Gasteiger partial charge in [0, 0.05) is 11.3 Å². The molecule has 13 heavy (non-hydrogen) atoms. The molecule has 0 saturated heterocycles. The minimum Gasteiger partial charge on any atom is -0.399 e. The highest BCUT2D eigenvalue weighted by Crippen LogP contribution is 2.20. The number of rotatable bonds is 2. The molecule has 0 bridgehead atoms. The van der Waals surface area contributed by atoms with E-state index in [1.807, 2.05) is 0 Å². The van der Waals surface area contributed by atoms with Crippen molar-refractivity contribution in [2.24, 2.45) is 0 Å². The first kappa shape index (κ1) is 9.27. The van der Waals surface area contributed by atoms with Crippen LogP contribution in [0.25, 0.3) is 0 Å². The van der Waals surface area contributed by atoms with Crippen LogP contribution in [0.5, 0.6) is 0 Å². The van der Waals surface area contributed by atoms with E-state index in [0.717, 1.165) is 6.29 Å². The molecule has 0 heterocycles. The number of carbonyl (C=O) groups excluding carboxylic acids is 1. The maximum atomic E-state index is 10.6. The van der Waals surface area contributed by atoms with E-state index in [4.69, 9.17) is 11.0 Å². The van der Waals surface area contributed by atoms with Gasteiger partial charge in [-0.25, -0.2) is 0 Å². The molecule has 66 valence electrons. The van der Waals surface area contributed by atoms with Gasteiger partial charge in [-0.3, -0.25) is 4.79 Å². The van der Waals surface area contributed by atoms with Crippen LogP contribution in [-0.4, -0.2) is 6.29 Å². The van der Waals surface area contributed by atoms with Crippen LogP contribution in [0.2, 0.25) is 0 Å². The van der Waals surface area contributed by atoms with Gasteiger partial charge in [-0.05, 0) is 30.7 Å². The highest BCUT2D eigenvalue weighted by Gasteiger charge is 2.09. The molecule has 3 heteroatoms. The monoisotopic (exact) mass is 174 g/mol. The number of aldehydes is 1. The molecular weight excluding hydrogens is 164 g/mol. The van der Waals surface area contributed by atoms with Gasteiger partial charge in [-0.15, -0.1) is 0 Å². The first-order chi connectivity index (χ1) is 6.19. The second kappa shape index (κ2) is 3.72. The molecule has 0 aromatic heterocycles. The fourth-order valence-electron chi connectivity index (χ4n) is 1.15. The van der Waals surface area contributed by atoms with Gasteiger partial charge in [-0.1, -0.05) is 0 Å². The lowest BCUT2D eigenvalue weighted by molar-refractivity contribution is 0.112. The molecule has 1 unspecified atom stereocenters. The SMILES string of the molecule is CC(C#N)c1cc(N)ccc1C=O. The summed E-state index contributed by atoms with van der Waals surface area (Å²) in [7, 11) is 0. The Balaban J connectivity index is 3.25. The maximum Gasteiger partial charge on any atom is 0.150 e. The summed E-state index contributed by atoms with van der Waals surface area (Å²) in [4.78, 5) is 10.6. The van der Waals surface area contributed by atoms with Gasteiger partial charge in [-0.2, -0.15) is 5.26 Å². The second-order valence-electron chi connectivity index (χ2n) is 2.86. The largest absolute Gasteiger partial charge is 0.399 e. The van der Waals surface area contributed by atoms with E-state index in [9.17, 15) is 4.79 Å². The Morgan fingerprint density at radius 1 is 1.62 bits per heavy atom. The summed E-state index contributed by atoms with van der Waals surface area (Å²) < 4.78 is 0. The second-order valence-corrected chi connectivity index (χ2v) is 2.86. The Morgan fingerprint density at radius 3 is 2.85 bits per heavy atom. The van der Waals surface area contributed by atoms with Crippen molar-refractivity contribution in [3.63, 3.8) is 0 Å². The van der Waals surface area contributed by atoms with Gasteiger partial charge in [0.1, 0.15) is 6.29 Å². The predicted octanol–water partition coefficient (Wildman–Crippen LogP) is 1.71. The summed E-state index contributed by atoms with van der Waals surface area (Å²) in [5.41, 5.74) is 7.34. The van der Waals surface area contributed by atoms with Crippen molar-refractivity contribution < 1.29 is 4.79 Å². The molecule has 1 atom stereocenters. The molecule has 0 aliphatic carbocycles. The average molecular weight is 174 g/mol. The highest BCUT2D eigenvalue weighted by molar-refractivity contribution is 5.79. The Hall–Kier alpha value is -1.82. The van der Waals surface area contributed by atoms with Crippen molar-refractivity contribution in [2.75, 3.05) is 5.73 Å². The standard InChI is InChI=1S/C10H10N2O/c1-7(5-11)10-4-9(12)3-2-8(10)6-13/h2-4,6-7H,12H2,1H3. The zero-order chi connectivity index (χ0) is 9.84. The number of nitriles is 1. The third-order valence-electron chi connectivity index (χ3n) is 1.90. The smallest absolute Gasteiger partial charge is 0.150 e. The number of carbonyl (C=O) groups is 1. The van der Waals surface area contributed by atoms with Crippen LogP contribution < -0.4 is 5.73 Å². The fraction of sp³-hybridized carbons (Fsp3) is 0.200.